The molecule has 1 unspecified atom stereocenters. The van der Waals surface area contributed by atoms with Crippen molar-refractivity contribution in [2.24, 2.45) is 0 Å². The minimum Gasteiger partial charge on any atom is -0.480 e. The van der Waals surface area contributed by atoms with Gasteiger partial charge in [-0.25, -0.2) is 9.59 Å². The van der Waals surface area contributed by atoms with E-state index in [2.05, 4.69) is 10.3 Å². The molecule has 6 nitrogen and oxygen atoms in total. The van der Waals surface area contributed by atoms with Crippen LogP contribution in [0.15, 0.2) is 24.4 Å². The lowest BCUT2D eigenvalue weighted by molar-refractivity contribution is -0.139. The molecule has 0 fully saturated rings. The summed E-state index contributed by atoms with van der Waals surface area (Å²) in [5.41, 5.74) is 0.773. The Bertz CT molecular complexity index is 451. The lowest BCUT2D eigenvalue weighted by Gasteiger charge is -2.23. The summed E-state index contributed by atoms with van der Waals surface area (Å²) < 4.78 is 0. The summed E-state index contributed by atoms with van der Waals surface area (Å²) in [4.78, 5) is 29.1. The molecule has 0 aliphatic heterocycles. The Morgan fingerprint density at radius 1 is 1.38 bits per heavy atom. The highest BCUT2D eigenvalue weighted by Crippen LogP contribution is 2.05. The van der Waals surface area contributed by atoms with Crippen molar-refractivity contribution in [1.29, 1.82) is 0 Å². The van der Waals surface area contributed by atoms with Crippen molar-refractivity contribution in [1.82, 2.24) is 15.2 Å². The Morgan fingerprint density at radius 3 is 2.67 bits per heavy atom. The van der Waals surface area contributed by atoms with Gasteiger partial charge in [0.15, 0.2) is 0 Å². The van der Waals surface area contributed by atoms with Crippen LogP contribution in [0, 0.1) is 0 Å². The lowest BCUT2D eigenvalue weighted by atomic mass is 10.1. The molecule has 116 valence electrons. The molecule has 1 heterocycles. The fraction of sp³-hybridized carbons (Fsp3) is 0.533. The van der Waals surface area contributed by atoms with E-state index in [9.17, 15) is 9.59 Å². The van der Waals surface area contributed by atoms with Crippen LogP contribution >= 0.6 is 0 Å². The number of urea groups is 1. The number of unbranched alkanes of at least 4 members (excludes halogenated alkanes) is 1. The van der Waals surface area contributed by atoms with Gasteiger partial charge in [0.1, 0.15) is 6.04 Å². The first-order valence-electron chi connectivity index (χ1n) is 7.26. The number of pyridine rings is 1. The summed E-state index contributed by atoms with van der Waals surface area (Å²) in [6, 6.07) is 4.30. The number of carboxylic acid groups (broad SMARTS) is 1. The molecule has 0 aliphatic carbocycles. The first-order valence-corrected chi connectivity index (χ1v) is 7.26. The molecule has 1 aromatic rings. The Balaban J connectivity index is 2.62. The predicted octanol–water partition coefficient (Wildman–Crippen LogP) is 2.26. The van der Waals surface area contributed by atoms with Crippen LogP contribution < -0.4 is 5.32 Å². The average molecular weight is 293 g/mol. The zero-order valence-corrected chi connectivity index (χ0v) is 12.6. The zero-order chi connectivity index (χ0) is 15.7. The van der Waals surface area contributed by atoms with Crippen LogP contribution in [0.5, 0.6) is 0 Å². The van der Waals surface area contributed by atoms with Gasteiger partial charge in [-0.3, -0.25) is 4.98 Å². The second-order valence-electron chi connectivity index (χ2n) is 4.82. The minimum atomic E-state index is -0.995. The monoisotopic (exact) mass is 293 g/mol. The van der Waals surface area contributed by atoms with Crippen LogP contribution in [0.25, 0.3) is 0 Å². The Morgan fingerprint density at radius 2 is 2.14 bits per heavy atom. The molecule has 0 aliphatic rings. The van der Waals surface area contributed by atoms with Gasteiger partial charge in [-0.1, -0.05) is 25.8 Å². The Labute approximate surface area is 125 Å². The van der Waals surface area contributed by atoms with Crippen molar-refractivity contribution in [3.63, 3.8) is 0 Å². The fourth-order valence-corrected chi connectivity index (χ4v) is 1.92. The quantitative estimate of drug-likeness (QED) is 0.770. The van der Waals surface area contributed by atoms with Crippen LogP contribution in [-0.4, -0.2) is 39.6 Å². The summed E-state index contributed by atoms with van der Waals surface area (Å²) in [7, 11) is 0. The number of carbonyl (C=O) groups excluding carboxylic acids is 1. The van der Waals surface area contributed by atoms with Crippen molar-refractivity contribution < 1.29 is 14.7 Å². The van der Waals surface area contributed by atoms with Crippen molar-refractivity contribution in [3.8, 4) is 0 Å². The van der Waals surface area contributed by atoms with Crippen molar-refractivity contribution in [3.05, 3.63) is 30.1 Å². The molecular weight excluding hydrogens is 270 g/mol. The lowest BCUT2D eigenvalue weighted by Crippen LogP contribution is -2.47. The van der Waals surface area contributed by atoms with Crippen molar-refractivity contribution in [2.75, 3.05) is 6.54 Å². The van der Waals surface area contributed by atoms with Gasteiger partial charge >= 0.3 is 12.0 Å². The first kappa shape index (κ1) is 16.9. The van der Waals surface area contributed by atoms with E-state index < -0.39 is 12.0 Å². The standard InChI is InChI=1S/C15H23N3O3/c1-3-5-9-13(14(19)20)17-15(21)18(4-2)11-12-8-6-7-10-16-12/h6-8,10,13H,3-5,9,11H2,1-2H3,(H,17,21)(H,19,20). The van der Waals surface area contributed by atoms with Gasteiger partial charge in [0.25, 0.3) is 0 Å². The van der Waals surface area contributed by atoms with Gasteiger partial charge in [0.2, 0.25) is 0 Å². The summed E-state index contributed by atoms with van der Waals surface area (Å²) in [5.74, 6) is -0.995. The molecule has 1 rings (SSSR count). The SMILES string of the molecule is CCCCC(NC(=O)N(CC)Cc1ccccn1)C(=O)O. The third-order valence-corrected chi connectivity index (χ3v) is 3.19. The molecular formula is C15H23N3O3. The summed E-state index contributed by atoms with van der Waals surface area (Å²) in [5, 5.41) is 11.7. The van der Waals surface area contributed by atoms with E-state index in [1.54, 1.807) is 11.1 Å². The zero-order valence-electron chi connectivity index (χ0n) is 12.6. The molecule has 0 saturated carbocycles. The van der Waals surface area contributed by atoms with Crippen LogP contribution in [0.3, 0.4) is 0 Å². The maximum atomic E-state index is 12.2. The summed E-state index contributed by atoms with van der Waals surface area (Å²) in [6.07, 6.45) is 3.77. The van der Waals surface area contributed by atoms with Crippen molar-refractivity contribution in [2.45, 2.75) is 45.7 Å². The second-order valence-corrected chi connectivity index (χ2v) is 4.82. The Hall–Kier alpha value is -2.11. The van der Waals surface area contributed by atoms with Gasteiger partial charge in [-0.05, 0) is 25.5 Å². The second kappa shape index (κ2) is 8.94. The number of carbonyl (C=O) groups is 2. The normalized spacial score (nSPS) is 11.7. The molecule has 0 saturated heterocycles. The topological polar surface area (TPSA) is 82.5 Å². The van der Waals surface area contributed by atoms with Crippen molar-refractivity contribution >= 4 is 12.0 Å². The Kier molecular flexibility index (Phi) is 7.21. The molecule has 1 atom stereocenters. The molecule has 6 heteroatoms. The van der Waals surface area contributed by atoms with Crippen LogP contribution in [0.4, 0.5) is 4.79 Å². The first-order chi connectivity index (χ1) is 10.1. The number of hydrogen-bond donors (Lipinski definition) is 2. The molecule has 2 N–H and O–H groups in total. The van der Waals surface area contributed by atoms with Gasteiger partial charge in [0.05, 0.1) is 12.2 Å². The number of aromatic nitrogens is 1. The molecule has 0 aromatic carbocycles. The number of amides is 2. The van der Waals surface area contributed by atoms with Gasteiger partial charge in [-0.2, -0.15) is 0 Å². The van der Waals surface area contributed by atoms with E-state index in [4.69, 9.17) is 5.11 Å². The van der Waals surface area contributed by atoms with E-state index in [1.807, 2.05) is 32.0 Å². The number of nitrogens with zero attached hydrogens (tertiary/aromatic N) is 2. The molecule has 0 bridgehead atoms. The highest BCUT2D eigenvalue weighted by Gasteiger charge is 2.22. The fourth-order valence-electron chi connectivity index (χ4n) is 1.92. The van der Waals surface area contributed by atoms with E-state index in [-0.39, 0.29) is 6.03 Å². The molecule has 21 heavy (non-hydrogen) atoms. The summed E-state index contributed by atoms with van der Waals surface area (Å²) >= 11 is 0. The van der Waals surface area contributed by atoms with Crippen LogP contribution in [0.2, 0.25) is 0 Å². The van der Waals surface area contributed by atoms with Crippen LogP contribution in [-0.2, 0) is 11.3 Å². The maximum absolute atomic E-state index is 12.2. The third-order valence-electron chi connectivity index (χ3n) is 3.19. The average Bonchev–Trinajstić information content (AvgIpc) is 2.49. The highest BCUT2D eigenvalue weighted by atomic mass is 16.4. The number of hydrogen-bond acceptors (Lipinski definition) is 3. The van der Waals surface area contributed by atoms with E-state index in [1.165, 1.54) is 0 Å². The molecule has 0 spiro atoms. The largest absolute Gasteiger partial charge is 0.480 e. The van der Waals surface area contributed by atoms with E-state index in [0.717, 1.165) is 18.5 Å². The number of aliphatic carboxylic acids is 1. The van der Waals surface area contributed by atoms with E-state index >= 15 is 0 Å². The number of nitrogens with one attached hydrogen (secondary N) is 1. The minimum absolute atomic E-state index is 0.364. The number of carboxylic acids is 1. The van der Waals surface area contributed by atoms with E-state index in [0.29, 0.717) is 19.5 Å². The number of rotatable bonds is 8. The smallest absolute Gasteiger partial charge is 0.326 e. The van der Waals surface area contributed by atoms with Gasteiger partial charge in [-0.15, -0.1) is 0 Å². The maximum Gasteiger partial charge on any atom is 0.326 e. The molecule has 1 aromatic heterocycles. The third kappa shape index (κ3) is 5.81. The highest BCUT2D eigenvalue weighted by molar-refractivity contribution is 5.82. The van der Waals surface area contributed by atoms with Crippen LogP contribution in [0.1, 0.15) is 38.8 Å². The molecule has 2 amide bonds. The van der Waals surface area contributed by atoms with Gasteiger partial charge in [0, 0.05) is 12.7 Å². The molecule has 0 radical (unpaired) electrons. The van der Waals surface area contributed by atoms with Gasteiger partial charge < -0.3 is 15.3 Å². The predicted molar refractivity (Wildman–Crippen MR) is 79.8 cm³/mol. The summed E-state index contributed by atoms with van der Waals surface area (Å²) in [6.45, 7) is 4.69.